The number of hydrogen-bond donors (Lipinski definition) is 1. The summed E-state index contributed by atoms with van der Waals surface area (Å²) in [4.78, 5) is 19.3. The van der Waals surface area contributed by atoms with Crippen LogP contribution in [0.1, 0.15) is 39.2 Å². The minimum Gasteiger partial charge on any atom is -0.497 e. The van der Waals surface area contributed by atoms with Gasteiger partial charge in [-0.05, 0) is 38.8 Å². The first-order chi connectivity index (χ1) is 16.1. The van der Waals surface area contributed by atoms with Gasteiger partial charge in [-0.2, -0.15) is 0 Å². The second-order valence-electron chi connectivity index (χ2n) is 6.20. The Kier molecular flexibility index (Phi) is 50.8. The maximum atomic E-state index is 9.70. The fourth-order valence-electron chi connectivity index (χ4n) is 1.17. The quantitative estimate of drug-likeness (QED) is 0.451. The molecule has 0 saturated carbocycles. The molecule has 0 heterocycles. The van der Waals surface area contributed by atoms with Crippen LogP contribution in [-0.2, 0) is 33.3 Å². The van der Waals surface area contributed by atoms with E-state index in [2.05, 4.69) is 26.5 Å². The average molecular weight is 494 g/mol. The molecule has 0 aliphatic carbocycles. The summed E-state index contributed by atoms with van der Waals surface area (Å²) in [6.45, 7) is 9.37. The van der Waals surface area contributed by atoms with E-state index >= 15 is 0 Å². The van der Waals surface area contributed by atoms with Gasteiger partial charge in [-0.3, -0.25) is 9.59 Å². The van der Waals surface area contributed by atoms with Crippen molar-refractivity contribution in [1.82, 2.24) is 5.32 Å². The number of rotatable bonds is 7. The first-order valence-corrected chi connectivity index (χ1v) is 10.8. The van der Waals surface area contributed by atoms with E-state index < -0.39 is 0 Å². The second kappa shape index (κ2) is 41.1. The van der Waals surface area contributed by atoms with E-state index in [1.54, 1.807) is 49.7 Å². The van der Waals surface area contributed by atoms with Crippen molar-refractivity contribution < 1.29 is 38.0 Å². The molecule has 0 unspecified atom stereocenters. The zero-order valence-electron chi connectivity index (χ0n) is 23.6. The lowest BCUT2D eigenvalue weighted by Crippen LogP contribution is -2.11. The van der Waals surface area contributed by atoms with E-state index in [0.717, 1.165) is 38.4 Å². The fourth-order valence-corrected chi connectivity index (χ4v) is 1.17. The molecule has 0 aromatic heterocycles. The molecule has 1 aromatic carbocycles. The van der Waals surface area contributed by atoms with Gasteiger partial charge in [-0.1, -0.05) is 17.7 Å². The van der Waals surface area contributed by atoms with Crippen LogP contribution in [0.4, 0.5) is 0 Å². The number of amides is 1. The predicted molar refractivity (Wildman–Crippen MR) is 139 cm³/mol. The highest BCUT2D eigenvalue weighted by Crippen LogP contribution is 2.09. The number of benzene rings is 1. The number of ether oxygens (including phenoxy) is 6. The zero-order chi connectivity index (χ0) is 27.6. The highest BCUT2D eigenvalue weighted by Gasteiger charge is 1.85. The third kappa shape index (κ3) is 63.0. The van der Waals surface area contributed by atoms with Crippen LogP contribution in [0.25, 0.3) is 0 Å². The maximum Gasteiger partial charge on any atom is 0.302 e. The second-order valence-corrected chi connectivity index (χ2v) is 6.20. The molecule has 34 heavy (non-hydrogen) atoms. The first-order valence-electron chi connectivity index (χ1n) is 10.8. The van der Waals surface area contributed by atoms with Crippen LogP contribution in [-0.4, -0.2) is 88.5 Å². The molecule has 0 bridgehead atoms. The number of methoxy groups -OCH3 is 6. The van der Waals surface area contributed by atoms with Crippen molar-refractivity contribution in [2.75, 3.05) is 76.6 Å². The number of unbranched alkanes of at least 4 members (excludes halogenated alkanes) is 1. The van der Waals surface area contributed by atoms with E-state index in [1.165, 1.54) is 26.5 Å². The van der Waals surface area contributed by atoms with Crippen LogP contribution in [0.5, 0.6) is 5.75 Å². The van der Waals surface area contributed by atoms with E-state index in [0.29, 0.717) is 0 Å². The first kappa shape index (κ1) is 42.0. The summed E-state index contributed by atoms with van der Waals surface area (Å²) in [5.74, 6) is 0.676. The maximum absolute atomic E-state index is 9.70. The summed E-state index contributed by atoms with van der Waals surface area (Å²) in [6.07, 6.45) is 2.20. The average Bonchev–Trinajstić information content (AvgIpc) is 2.84. The predicted octanol–water partition coefficient (Wildman–Crippen LogP) is 3.91. The summed E-state index contributed by atoms with van der Waals surface area (Å²) in [5.41, 5.74) is 1.26. The molecule has 0 atom stereocenters. The zero-order valence-corrected chi connectivity index (χ0v) is 23.6. The molecule has 204 valence electrons. The minimum absolute atomic E-state index is 0.00463. The molecule has 9 heteroatoms. The summed E-state index contributed by atoms with van der Waals surface area (Å²) in [5, 5.41) is 2.39. The molecule has 1 rings (SSSR count). The van der Waals surface area contributed by atoms with Crippen molar-refractivity contribution >= 4 is 11.9 Å². The van der Waals surface area contributed by atoms with Gasteiger partial charge in [0.2, 0.25) is 5.91 Å². The molecule has 0 saturated heterocycles. The van der Waals surface area contributed by atoms with E-state index in [9.17, 15) is 9.59 Å². The van der Waals surface area contributed by atoms with Gasteiger partial charge in [-0.25, -0.2) is 0 Å². The standard InChI is InChI=1S/C8H10O.C6H14O2.C3H7NO.C3H6O2.C3H8O.C2H6O/c1-7-3-5-8(9-2)6-4-7;1-7-5-3-4-6-8-2;1-3(5)4-2;1-3(4)5-2;1-3-4-2;1-3-2/h3-6H,1-2H3;3-6H2,1-2H3;1-2H3,(H,4,5);1-2H3;3H2,1-2H3;1-2H3. The molecule has 1 amide bonds. The van der Waals surface area contributed by atoms with Gasteiger partial charge < -0.3 is 33.7 Å². The van der Waals surface area contributed by atoms with Crippen LogP contribution >= 0.6 is 0 Å². The Bertz CT molecular complexity index is 474. The Hall–Kier alpha value is -2.20. The van der Waals surface area contributed by atoms with Crippen molar-refractivity contribution in [2.24, 2.45) is 0 Å². The van der Waals surface area contributed by atoms with Gasteiger partial charge in [0.25, 0.3) is 0 Å². The van der Waals surface area contributed by atoms with E-state index in [-0.39, 0.29) is 11.9 Å². The van der Waals surface area contributed by atoms with Crippen molar-refractivity contribution in [3.05, 3.63) is 29.8 Å². The molecule has 0 fully saturated rings. The van der Waals surface area contributed by atoms with Crippen LogP contribution in [0.2, 0.25) is 0 Å². The molecule has 9 nitrogen and oxygen atoms in total. The van der Waals surface area contributed by atoms with Gasteiger partial charge in [-0.15, -0.1) is 0 Å². The smallest absolute Gasteiger partial charge is 0.302 e. The number of hydrogen-bond acceptors (Lipinski definition) is 8. The number of aryl methyl sites for hydroxylation is 1. The third-order valence-corrected chi connectivity index (χ3v) is 3.13. The highest BCUT2D eigenvalue weighted by molar-refractivity contribution is 5.72. The Morgan fingerprint density at radius 2 is 1.12 bits per heavy atom. The molecule has 1 aromatic rings. The summed E-state index contributed by atoms with van der Waals surface area (Å²) in [6, 6.07) is 7.96. The molecule has 0 aliphatic rings. The molecular weight excluding hydrogens is 442 g/mol. The number of nitrogens with one attached hydrogen (secondary N) is 1. The van der Waals surface area contributed by atoms with Crippen molar-refractivity contribution in [3.63, 3.8) is 0 Å². The van der Waals surface area contributed by atoms with Crippen LogP contribution < -0.4 is 10.1 Å². The Morgan fingerprint density at radius 1 is 0.794 bits per heavy atom. The van der Waals surface area contributed by atoms with Crippen molar-refractivity contribution in [1.29, 1.82) is 0 Å². The van der Waals surface area contributed by atoms with Gasteiger partial charge in [0.05, 0.1) is 14.2 Å². The van der Waals surface area contributed by atoms with Gasteiger partial charge in [0.1, 0.15) is 5.75 Å². The Labute approximate surface area is 208 Å². The Balaban J connectivity index is -0.000000103. The largest absolute Gasteiger partial charge is 0.497 e. The summed E-state index contributed by atoms with van der Waals surface area (Å²) >= 11 is 0. The van der Waals surface area contributed by atoms with E-state index in [1.807, 2.05) is 31.2 Å². The normalized spacial score (nSPS) is 8.12. The lowest BCUT2D eigenvalue weighted by Gasteiger charge is -1.97. The van der Waals surface area contributed by atoms with E-state index in [4.69, 9.17) is 14.2 Å². The van der Waals surface area contributed by atoms with Crippen LogP contribution in [0.3, 0.4) is 0 Å². The van der Waals surface area contributed by atoms with Gasteiger partial charge >= 0.3 is 5.97 Å². The number of carbonyl (C=O) groups excluding carboxylic acids is 2. The van der Waals surface area contributed by atoms with Gasteiger partial charge in [0.15, 0.2) is 0 Å². The fraction of sp³-hybridized carbons (Fsp3) is 0.680. The van der Waals surface area contributed by atoms with Crippen molar-refractivity contribution in [3.8, 4) is 5.75 Å². The lowest BCUT2D eigenvalue weighted by molar-refractivity contribution is -0.137. The molecule has 1 N–H and O–H groups in total. The Morgan fingerprint density at radius 3 is 1.29 bits per heavy atom. The topological polar surface area (TPSA) is 102 Å². The monoisotopic (exact) mass is 493 g/mol. The van der Waals surface area contributed by atoms with Crippen molar-refractivity contribution in [2.45, 2.75) is 40.5 Å². The van der Waals surface area contributed by atoms with Gasteiger partial charge in [0, 0.05) is 76.3 Å². The minimum atomic E-state index is -0.245. The lowest BCUT2D eigenvalue weighted by atomic mass is 10.2. The molecule has 0 radical (unpaired) electrons. The highest BCUT2D eigenvalue weighted by atomic mass is 16.5. The summed E-state index contributed by atoms with van der Waals surface area (Å²) in [7, 11) is 13.0. The molecular formula is C25H51NO8. The third-order valence-electron chi connectivity index (χ3n) is 3.13. The number of esters is 1. The molecule has 0 aliphatic heterocycles. The number of carbonyl (C=O) groups is 2. The van der Waals surface area contributed by atoms with Crippen LogP contribution in [0.15, 0.2) is 24.3 Å². The molecule has 0 spiro atoms. The SMILES string of the molecule is CCOC.CNC(C)=O.COC.COC(C)=O.COCCCCOC.COc1ccc(C)cc1. The summed E-state index contributed by atoms with van der Waals surface area (Å²) < 4.78 is 27.5. The van der Waals surface area contributed by atoms with Crippen LogP contribution in [0, 0.1) is 6.92 Å².